The molecule has 1 atom stereocenters. The van der Waals surface area contributed by atoms with E-state index >= 15 is 0 Å². The summed E-state index contributed by atoms with van der Waals surface area (Å²) in [6.07, 6.45) is 5.54. The van der Waals surface area contributed by atoms with E-state index in [1.165, 1.54) is 12.8 Å². The van der Waals surface area contributed by atoms with Crippen molar-refractivity contribution in [2.75, 3.05) is 0 Å². The molecule has 0 aromatic carbocycles. The summed E-state index contributed by atoms with van der Waals surface area (Å²) < 4.78 is 0.946. The number of pyridine rings is 1. The molecule has 0 amide bonds. The third-order valence-corrected chi connectivity index (χ3v) is 2.64. The summed E-state index contributed by atoms with van der Waals surface area (Å²) in [4.78, 5) is 4.16. The quantitative estimate of drug-likeness (QED) is 0.820. The lowest BCUT2D eigenvalue weighted by molar-refractivity contribution is 0.159. The van der Waals surface area contributed by atoms with Crippen LogP contribution >= 0.6 is 15.9 Å². The Hall–Kier alpha value is -0.410. The number of rotatable bonds is 5. The fraction of sp³-hybridized carbons (Fsp3) is 0.545. The van der Waals surface area contributed by atoms with E-state index in [2.05, 4.69) is 27.8 Å². The monoisotopic (exact) mass is 257 g/mol. The first-order valence-electron chi connectivity index (χ1n) is 5.03. The summed E-state index contributed by atoms with van der Waals surface area (Å²) >= 11 is 3.31. The number of aliphatic hydroxyl groups excluding tert-OH is 1. The molecule has 0 saturated carbocycles. The zero-order chi connectivity index (χ0) is 10.4. The van der Waals surface area contributed by atoms with Gasteiger partial charge in [0.1, 0.15) is 0 Å². The number of aromatic nitrogens is 1. The molecule has 1 unspecified atom stereocenters. The Labute approximate surface area is 93.5 Å². The lowest BCUT2D eigenvalue weighted by Crippen LogP contribution is -1.99. The van der Waals surface area contributed by atoms with Crippen LogP contribution in [0.3, 0.4) is 0 Å². The minimum Gasteiger partial charge on any atom is -0.387 e. The van der Waals surface area contributed by atoms with Gasteiger partial charge in [-0.1, -0.05) is 26.2 Å². The van der Waals surface area contributed by atoms with Gasteiger partial charge in [0.25, 0.3) is 0 Å². The van der Waals surface area contributed by atoms with Gasteiger partial charge in [-0.3, -0.25) is 4.98 Å². The standard InChI is InChI=1S/C11H16BrNO/c1-2-3-4-5-11(14)10-7-6-9(12)8-13-10/h6-8,11,14H,2-5H2,1H3. The second kappa shape index (κ2) is 6.14. The SMILES string of the molecule is CCCCCC(O)c1ccc(Br)cn1. The van der Waals surface area contributed by atoms with Crippen LogP contribution in [0, 0.1) is 0 Å². The van der Waals surface area contributed by atoms with Gasteiger partial charge in [-0.2, -0.15) is 0 Å². The van der Waals surface area contributed by atoms with Crippen molar-refractivity contribution in [1.29, 1.82) is 0 Å². The van der Waals surface area contributed by atoms with Crippen molar-refractivity contribution in [1.82, 2.24) is 4.98 Å². The summed E-state index contributed by atoms with van der Waals surface area (Å²) in [5.41, 5.74) is 0.768. The van der Waals surface area contributed by atoms with Crippen LogP contribution in [0.4, 0.5) is 0 Å². The molecule has 0 bridgehead atoms. The minimum absolute atomic E-state index is 0.408. The first kappa shape index (κ1) is 11.7. The van der Waals surface area contributed by atoms with Gasteiger partial charge < -0.3 is 5.11 Å². The Morgan fingerprint density at radius 2 is 2.21 bits per heavy atom. The number of nitrogens with zero attached hydrogens (tertiary/aromatic N) is 1. The van der Waals surface area contributed by atoms with Gasteiger partial charge in [0.2, 0.25) is 0 Å². The van der Waals surface area contributed by atoms with Crippen LogP contribution in [0.25, 0.3) is 0 Å². The highest BCUT2D eigenvalue weighted by atomic mass is 79.9. The van der Waals surface area contributed by atoms with Gasteiger partial charge in [0.15, 0.2) is 0 Å². The first-order valence-corrected chi connectivity index (χ1v) is 5.83. The molecule has 1 aromatic rings. The van der Waals surface area contributed by atoms with Crippen LogP contribution in [0.15, 0.2) is 22.8 Å². The number of unbranched alkanes of at least 4 members (excludes halogenated alkanes) is 2. The summed E-state index contributed by atoms with van der Waals surface area (Å²) in [6.45, 7) is 2.16. The fourth-order valence-electron chi connectivity index (χ4n) is 1.32. The maximum atomic E-state index is 9.76. The Morgan fingerprint density at radius 1 is 1.43 bits per heavy atom. The molecule has 2 nitrogen and oxygen atoms in total. The molecular weight excluding hydrogens is 242 g/mol. The van der Waals surface area contributed by atoms with Gasteiger partial charge in [-0.05, 0) is 34.5 Å². The molecule has 1 rings (SSSR count). The third kappa shape index (κ3) is 3.76. The zero-order valence-electron chi connectivity index (χ0n) is 8.41. The van der Waals surface area contributed by atoms with Crippen LogP contribution < -0.4 is 0 Å². The largest absolute Gasteiger partial charge is 0.387 e. The molecule has 3 heteroatoms. The van der Waals surface area contributed by atoms with Gasteiger partial charge in [-0.25, -0.2) is 0 Å². The second-order valence-electron chi connectivity index (χ2n) is 3.41. The fourth-order valence-corrected chi connectivity index (χ4v) is 1.55. The number of aliphatic hydroxyl groups is 1. The summed E-state index contributed by atoms with van der Waals surface area (Å²) in [7, 11) is 0. The van der Waals surface area contributed by atoms with Crippen LogP contribution in [0.2, 0.25) is 0 Å². The van der Waals surface area contributed by atoms with E-state index in [0.717, 1.165) is 23.0 Å². The van der Waals surface area contributed by atoms with Gasteiger partial charge in [0.05, 0.1) is 11.8 Å². The Bertz CT molecular complexity index is 260. The Balaban J connectivity index is 2.43. The molecule has 0 aliphatic rings. The average Bonchev–Trinajstić information content (AvgIpc) is 2.19. The van der Waals surface area contributed by atoms with Crippen LogP contribution in [0.1, 0.15) is 44.4 Å². The van der Waals surface area contributed by atoms with Crippen LogP contribution in [-0.4, -0.2) is 10.1 Å². The van der Waals surface area contributed by atoms with E-state index in [0.29, 0.717) is 0 Å². The van der Waals surface area contributed by atoms with E-state index in [-0.39, 0.29) is 0 Å². The highest BCUT2D eigenvalue weighted by Crippen LogP contribution is 2.18. The van der Waals surface area contributed by atoms with Crippen LogP contribution in [0.5, 0.6) is 0 Å². The average molecular weight is 258 g/mol. The van der Waals surface area contributed by atoms with E-state index in [9.17, 15) is 5.11 Å². The van der Waals surface area contributed by atoms with Crippen molar-refractivity contribution in [3.05, 3.63) is 28.5 Å². The summed E-state index contributed by atoms with van der Waals surface area (Å²) in [6, 6.07) is 3.77. The van der Waals surface area contributed by atoms with E-state index in [4.69, 9.17) is 0 Å². The van der Waals surface area contributed by atoms with Crippen LogP contribution in [-0.2, 0) is 0 Å². The number of hydrogen-bond acceptors (Lipinski definition) is 2. The maximum absolute atomic E-state index is 9.76. The van der Waals surface area contributed by atoms with Crippen molar-refractivity contribution in [2.45, 2.75) is 38.7 Å². The zero-order valence-corrected chi connectivity index (χ0v) is 10.00. The predicted molar refractivity (Wildman–Crippen MR) is 61.0 cm³/mol. The molecule has 0 aliphatic carbocycles. The molecule has 1 heterocycles. The van der Waals surface area contributed by atoms with Gasteiger partial charge in [0, 0.05) is 10.7 Å². The molecule has 1 aromatic heterocycles. The second-order valence-corrected chi connectivity index (χ2v) is 4.33. The first-order chi connectivity index (χ1) is 6.74. The molecule has 0 saturated heterocycles. The molecule has 0 radical (unpaired) electrons. The van der Waals surface area contributed by atoms with E-state index in [1.807, 2.05) is 12.1 Å². The molecular formula is C11H16BrNO. The third-order valence-electron chi connectivity index (χ3n) is 2.17. The molecule has 78 valence electrons. The lowest BCUT2D eigenvalue weighted by atomic mass is 10.1. The topological polar surface area (TPSA) is 33.1 Å². The number of halogens is 1. The normalized spacial score (nSPS) is 12.8. The van der Waals surface area contributed by atoms with Crippen molar-refractivity contribution < 1.29 is 5.11 Å². The van der Waals surface area contributed by atoms with Crippen molar-refractivity contribution in [3.63, 3.8) is 0 Å². The smallest absolute Gasteiger partial charge is 0.0959 e. The summed E-state index contributed by atoms with van der Waals surface area (Å²) in [5.74, 6) is 0. The highest BCUT2D eigenvalue weighted by Gasteiger charge is 2.07. The summed E-state index contributed by atoms with van der Waals surface area (Å²) in [5, 5.41) is 9.76. The molecule has 1 N–H and O–H groups in total. The van der Waals surface area contributed by atoms with Crippen molar-refractivity contribution in [2.24, 2.45) is 0 Å². The van der Waals surface area contributed by atoms with E-state index in [1.54, 1.807) is 6.20 Å². The lowest BCUT2D eigenvalue weighted by Gasteiger charge is -2.09. The minimum atomic E-state index is -0.408. The van der Waals surface area contributed by atoms with E-state index < -0.39 is 6.10 Å². The van der Waals surface area contributed by atoms with Gasteiger partial charge >= 0.3 is 0 Å². The Kier molecular flexibility index (Phi) is 5.12. The molecule has 0 aliphatic heterocycles. The maximum Gasteiger partial charge on any atom is 0.0959 e. The molecule has 14 heavy (non-hydrogen) atoms. The van der Waals surface area contributed by atoms with Crippen molar-refractivity contribution in [3.8, 4) is 0 Å². The Morgan fingerprint density at radius 3 is 2.79 bits per heavy atom. The molecule has 0 fully saturated rings. The predicted octanol–water partition coefficient (Wildman–Crippen LogP) is 3.46. The number of hydrogen-bond donors (Lipinski definition) is 1. The highest BCUT2D eigenvalue weighted by molar-refractivity contribution is 9.10. The van der Waals surface area contributed by atoms with Crippen molar-refractivity contribution >= 4 is 15.9 Å². The van der Waals surface area contributed by atoms with Gasteiger partial charge in [-0.15, -0.1) is 0 Å². The molecule has 0 spiro atoms.